The van der Waals surface area contributed by atoms with Crippen LogP contribution in [0.3, 0.4) is 0 Å². The van der Waals surface area contributed by atoms with Crippen LogP contribution in [-0.4, -0.2) is 32.3 Å². The van der Waals surface area contributed by atoms with Crippen molar-refractivity contribution in [1.82, 2.24) is 30.9 Å². The van der Waals surface area contributed by atoms with E-state index < -0.39 is 0 Å². The van der Waals surface area contributed by atoms with Crippen molar-refractivity contribution in [3.05, 3.63) is 35.7 Å². The molecule has 0 spiro atoms. The Morgan fingerprint density at radius 3 is 2.73 bits per heavy atom. The normalized spacial score (nSPS) is 16.3. The van der Waals surface area contributed by atoms with Gasteiger partial charge in [0.15, 0.2) is 10.8 Å². The molecule has 2 aromatic rings. The number of hydrazine groups is 1. The number of hydrogen-bond donors (Lipinski definition) is 3. The molecule has 4 rings (SSSR count). The average Bonchev–Trinajstić information content (AvgIpc) is 3.54. The molecule has 2 heterocycles. The fourth-order valence-corrected chi connectivity index (χ4v) is 3.23. The van der Waals surface area contributed by atoms with Crippen LogP contribution in [-0.2, 0) is 7.05 Å². The SMILES string of the molecule is C=CCNC(=S)NNC(=O)c1cc(C2CC2)nc2c1c(C1CC1)nn2C. The fraction of sp³-hybridized carbons (Fsp3) is 0.444. The molecule has 0 atom stereocenters. The molecule has 0 saturated heterocycles. The number of carbonyl (C=O) groups is 1. The Hall–Kier alpha value is -2.48. The van der Waals surface area contributed by atoms with Gasteiger partial charge in [0.05, 0.1) is 16.6 Å². The monoisotopic (exact) mass is 370 g/mol. The van der Waals surface area contributed by atoms with E-state index >= 15 is 0 Å². The van der Waals surface area contributed by atoms with E-state index in [-0.39, 0.29) is 5.91 Å². The Bertz CT molecular complexity index is 897. The van der Waals surface area contributed by atoms with Gasteiger partial charge in [-0.1, -0.05) is 6.08 Å². The van der Waals surface area contributed by atoms with Crippen molar-refractivity contribution in [2.75, 3.05) is 6.54 Å². The number of carbonyl (C=O) groups excluding carboxylic acids is 1. The maximum Gasteiger partial charge on any atom is 0.270 e. The zero-order valence-corrected chi connectivity index (χ0v) is 15.5. The molecule has 0 radical (unpaired) electrons. The van der Waals surface area contributed by atoms with Crippen LogP contribution in [0.2, 0.25) is 0 Å². The van der Waals surface area contributed by atoms with Gasteiger partial charge in [-0.15, -0.1) is 6.58 Å². The number of thiocarbonyl (C=S) groups is 1. The molecule has 2 aliphatic carbocycles. The highest BCUT2D eigenvalue weighted by Gasteiger charge is 2.33. The van der Waals surface area contributed by atoms with Crippen molar-refractivity contribution < 1.29 is 4.79 Å². The van der Waals surface area contributed by atoms with E-state index in [1.807, 2.05) is 13.1 Å². The minimum Gasteiger partial charge on any atom is -0.358 e. The highest BCUT2D eigenvalue weighted by atomic mass is 32.1. The van der Waals surface area contributed by atoms with Gasteiger partial charge in [-0.2, -0.15) is 5.10 Å². The number of fused-ring (bicyclic) bond motifs is 1. The molecule has 7 nitrogen and oxygen atoms in total. The van der Waals surface area contributed by atoms with E-state index in [0.717, 1.165) is 48.1 Å². The maximum atomic E-state index is 12.9. The van der Waals surface area contributed by atoms with E-state index in [2.05, 4.69) is 27.8 Å². The number of amides is 1. The minimum absolute atomic E-state index is 0.225. The van der Waals surface area contributed by atoms with Gasteiger partial charge in [0.2, 0.25) is 0 Å². The molecule has 0 unspecified atom stereocenters. The summed E-state index contributed by atoms with van der Waals surface area (Å²) in [6.45, 7) is 4.15. The summed E-state index contributed by atoms with van der Waals surface area (Å²) in [4.78, 5) is 17.7. The van der Waals surface area contributed by atoms with Crippen LogP contribution in [0.25, 0.3) is 11.0 Å². The van der Waals surface area contributed by atoms with E-state index in [4.69, 9.17) is 17.2 Å². The summed E-state index contributed by atoms with van der Waals surface area (Å²) in [6.07, 6.45) is 6.18. The van der Waals surface area contributed by atoms with Crippen molar-refractivity contribution >= 4 is 34.3 Å². The lowest BCUT2D eigenvalue weighted by Crippen LogP contribution is -2.46. The van der Waals surface area contributed by atoms with Crippen LogP contribution >= 0.6 is 12.2 Å². The first-order valence-corrected chi connectivity index (χ1v) is 9.32. The van der Waals surface area contributed by atoms with Gasteiger partial charge in [-0.25, -0.2) is 4.98 Å². The van der Waals surface area contributed by atoms with Crippen molar-refractivity contribution in [2.45, 2.75) is 37.5 Å². The van der Waals surface area contributed by atoms with E-state index in [1.165, 1.54) is 0 Å². The van der Waals surface area contributed by atoms with Gasteiger partial charge in [0.25, 0.3) is 5.91 Å². The zero-order chi connectivity index (χ0) is 18.3. The maximum absolute atomic E-state index is 12.9. The highest BCUT2D eigenvalue weighted by Crippen LogP contribution is 2.45. The molecular weight excluding hydrogens is 348 g/mol. The third-order valence-corrected chi connectivity index (χ3v) is 4.99. The summed E-state index contributed by atoms with van der Waals surface area (Å²) < 4.78 is 1.80. The molecule has 0 aromatic carbocycles. The van der Waals surface area contributed by atoms with Gasteiger partial charge >= 0.3 is 0 Å². The lowest BCUT2D eigenvalue weighted by molar-refractivity contribution is 0.0945. The second kappa shape index (κ2) is 6.68. The van der Waals surface area contributed by atoms with Crippen LogP contribution in [0.5, 0.6) is 0 Å². The quantitative estimate of drug-likeness (QED) is 0.424. The summed E-state index contributed by atoms with van der Waals surface area (Å²) in [5.41, 5.74) is 8.79. The molecule has 2 aromatic heterocycles. The number of nitrogens with one attached hydrogen (secondary N) is 3. The van der Waals surface area contributed by atoms with E-state index in [0.29, 0.717) is 29.1 Å². The van der Waals surface area contributed by atoms with Crippen molar-refractivity contribution in [2.24, 2.45) is 7.05 Å². The van der Waals surface area contributed by atoms with Gasteiger partial charge in [-0.3, -0.25) is 20.3 Å². The van der Waals surface area contributed by atoms with Crippen molar-refractivity contribution in [1.29, 1.82) is 0 Å². The molecule has 1 amide bonds. The van der Waals surface area contributed by atoms with Gasteiger partial charge in [-0.05, 0) is 44.0 Å². The minimum atomic E-state index is -0.225. The zero-order valence-electron chi connectivity index (χ0n) is 14.7. The molecule has 136 valence electrons. The number of aromatic nitrogens is 3. The number of nitrogens with zero attached hydrogens (tertiary/aromatic N) is 3. The number of aryl methyl sites for hydroxylation is 1. The average molecular weight is 370 g/mol. The Morgan fingerprint density at radius 2 is 2.08 bits per heavy atom. The first-order valence-electron chi connectivity index (χ1n) is 8.91. The van der Waals surface area contributed by atoms with Crippen LogP contribution in [0.1, 0.15) is 59.3 Å². The Labute approximate surface area is 157 Å². The first kappa shape index (κ1) is 17.0. The number of rotatable bonds is 5. The Kier molecular flexibility index (Phi) is 4.36. The standard InChI is InChI=1S/C18H22N6OS/c1-3-8-19-18(26)22-21-17(25)12-9-13(10-4-5-10)20-16-14(12)15(11-6-7-11)23-24(16)2/h3,9-11H,1,4-8H2,2H3,(H,21,25)(H2,19,22,26). The van der Waals surface area contributed by atoms with Crippen molar-refractivity contribution in [3.63, 3.8) is 0 Å². The van der Waals surface area contributed by atoms with Crippen LogP contribution < -0.4 is 16.2 Å². The summed E-state index contributed by atoms with van der Waals surface area (Å²) in [5, 5.41) is 8.79. The summed E-state index contributed by atoms with van der Waals surface area (Å²) in [7, 11) is 1.89. The van der Waals surface area contributed by atoms with Crippen LogP contribution in [0, 0.1) is 0 Å². The second-order valence-corrected chi connectivity index (χ2v) is 7.34. The van der Waals surface area contributed by atoms with Gasteiger partial charge < -0.3 is 5.32 Å². The van der Waals surface area contributed by atoms with E-state index in [9.17, 15) is 4.79 Å². The lowest BCUT2D eigenvalue weighted by Gasteiger charge is -2.12. The van der Waals surface area contributed by atoms with Gasteiger partial charge in [0, 0.05) is 31.1 Å². The molecule has 3 N–H and O–H groups in total. The molecule has 0 aliphatic heterocycles. The molecule has 2 saturated carbocycles. The molecule has 8 heteroatoms. The predicted octanol–water partition coefficient (Wildman–Crippen LogP) is 2.02. The fourth-order valence-electron chi connectivity index (χ4n) is 3.10. The summed E-state index contributed by atoms with van der Waals surface area (Å²) in [6, 6.07) is 1.92. The van der Waals surface area contributed by atoms with E-state index in [1.54, 1.807) is 10.8 Å². The number of hydrogen-bond acceptors (Lipinski definition) is 4. The molecule has 2 fully saturated rings. The number of pyridine rings is 1. The van der Waals surface area contributed by atoms with Crippen molar-refractivity contribution in [3.8, 4) is 0 Å². The Balaban J connectivity index is 1.66. The third-order valence-electron chi connectivity index (χ3n) is 4.74. The smallest absolute Gasteiger partial charge is 0.270 e. The molecule has 2 aliphatic rings. The highest BCUT2D eigenvalue weighted by molar-refractivity contribution is 7.80. The Morgan fingerprint density at radius 1 is 1.35 bits per heavy atom. The molecular formula is C18H22N6OS. The largest absolute Gasteiger partial charge is 0.358 e. The topological polar surface area (TPSA) is 83.9 Å². The summed E-state index contributed by atoms with van der Waals surface area (Å²) >= 11 is 5.13. The first-order chi connectivity index (χ1) is 12.6. The predicted molar refractivity (Wildman–Crippen MR) is 104 cm³/mol. The lowest BCUT2D eigenvalue weighted by atomic mass is 10.1. The molecule has 0 bridgehead atoms. The second-order valence-electron chi connectivity index (χ2n) is 6.93. The van der Waals surface area contributed by atoms with Crippen LogP contribution in [0.4, 0.5) is 0 Å². The summed E-state index contributed by atoms with van der Waals surface area (Å²) in [5.74, 6) is 0.660. The van der Waals surface area contributed by atoms with Gasteiger partial charge in [0.1, 0.15) is 0 Å². The third kappa shape index (κ3) is 3.29. The van der Waals surface area contributed by atoms with Crippen LogP contribution in [0.15, 0.2) is 18.7 Å². The molecule has 26 heavy (non-hydrogen) atoms.